The highest BCUT2D eigenvalue weighted by atomic mass is 35.5. The molecule has 0 aliphatic carbocycles. The summed E-state index contributed by atoms with van der Waals surface area (Å²) in [6.45, 7) is 4.78. The van der Waals surface area contributed by atoms with Crippen molar-refractivity contribution in [3.05, 3.63) is 28.8 Å². The molecule has 1 saturated heterocycles. The molecular formula is C13H19ClN2O2S. The molecule has 106 valence electrons. The van der Waals surface area contributed by atoms with Crippen LogP contribution in [0.1, 0.15) is 18.9 Å². The summed E-state index contributed by atoms with van der Waals surface area (Å²) in [4.78, 5) is 0.185. The zero-order valence-corrected chi connectivity index (χ0v) is 12.7. The van der Waals surface area contributed by atoms with E-state index in [1.54, 1.807) is 18.2 Å². The third-order valence-electron chi connectivity index (χ3n) is 3.61. The zero-order chi connectivity index (χ0) is 14.2. The van der Waals surface area contributed by atoms with E-state index in [-0.39, 0.29) is 21.9 Å². The Kier molecular flexibility index (Phi) is 4.20. The van der Waals surface area contributed by atoms with Gasteiger partial charge in [0.2, 0.25) is 10.0 Å². The van der Waals surface area contributed by atoms with E-state index in [4.69, 9.17) is 17.3 Å². The number of rotatable bonds is 3. The van der Waals surface area contributed by atoms with Crippen LogP contribution in [0.2, 0.25) is 5.02 Å². The highest BCUT2D eigenvalue weighted by Gasteiger charge is 2.38. The van der Waals surface area contributed by atoms with Crippen LogP contribution in [0.5, 0.6) is 0 Å². The highest BCUT2D eigenvalue weighted by molar-refractivity contribution is 7.89. The van der Waals surface area contributed by atoms with Crippen LogP contribution >= 0.6 is 11.6 Å². The molecule has 1 aromatic rings. The molecule has 0 aromatic heterocycles. The van der Waals surface area contributed by atoms with Crippen molar-refractivity contribution in [2.75, 3.05) is 13.1 Å². The van der Waals surface area contributed by atoms with Crippen LogP contribution in [0, 0.1) is 12.8 Å². The summed E-state index contributed by atoms with van der Waals surface area (Å²) in [6.07, 6.45) is 0.805. The first-order valence-electron chi connectivity index (χ1n) is 6.34. The maximum atomic E-state index is 12.6. The fourth-order valence-corrected chi connectivity index (χ4v) is 4.85. The Morgan fingerprint density at radius 3 is 2.68 bits per heavy atom. The van der Waals surface area contributed by atoms with E-state index >= 15 is 0 Å². The molecule has 0 amide bonds. The third-order valence-corrected chi connectivity index (χ3v) is 6.07. The van der Waals surface area contributed by atoms with E-state index in [9.17, 15) is 8.42 Å². The van der Waals surface area contributed by atoms with Crippen molar-refractivity contribution in [1.29, 1.82) is 0 Å². The van der Waals surface area contributed by atoms with Crippen molar-refractivity contribution in [3.63, 3.8) is 0 Å². The number of hydrogen-bond donors (Lipinski definition) is 1. The molecule has 0 spiro atoms. The van der Waals surface area contributed by atoms with Crippen molar-refractivity contribution in [3.8, 4) is 0 Å². The molecule has 2 unspecified atom stereocenters. The lowest BCUT2D eigenvalue weighted by Gasteiger charge is -2.21. The first-order chi connectivity index (χ1) is 8.86. The van der Waals surface area contributed by atoms with Gasteiger partial charge in [0.1, 0.15) is 4.90 Å². The van der Waals surface area contributed by atoms with Crippen LogP contribution in [0.3, 0.4) is 0 Å². The van der Waals surface area contributed by atoms with Crippen LogP contribution in [0.15, 0.2) is 23.1 Å². The molecule has 0 radical (unpaired) electrons. The van der Waals surface area contributed by atoms with Crippen molar-refractivity contribution in [2.24, 2.45) is 11.7 Å². The van der Waals surface area contributed by atoms with E-state index in [1.807, 2.05) is 13.8 Å². The minimum Gasteiger partial charge on any atom is -0.330 e. The lowest BCUT2D eigenvalue weighted by molar-refractivity contribution is 0.404. The predicted molar refractivity (Wildman–Crippen MR) is 76.7 cm³/mol. The second kappa shape index (κ2) is 5.40. The third kappa shape index (κ3) is 2.79. The van der Waals surface area contributed by atoms with Gasteiger partial charge < -0.3 is 5.73 Å². The molecule has 19 heavy (non-hydrogen) atoms. The molecule has 4 nitrogen and oxygen atoms in total. The molecule has 1 fully saturated rings. The fourth-order valence-electron chi connectivity index (χ4n) is 2.56. The first-order valence-corrected chi connectivity index (χ1v) is 8.16. The Morgan fingerprint density at radius 1 is 1.47 bits per heavy atom. The van der Waals surface area contributed by atoms with Crippen molar-refractivity contribution < 1.29 is 8.42 Å². The van der Waals surface area contributed by atoms with Crippen molar-refractivity contribution >= 4 is 21.6 Å². The maximum Gasteiger partial charge on any atom is 0.244 e. The van der Waals surface area contributed by atoms with Gasteiger partial charge in [0.15, 0.2) is 0 Å². The molecule has 1 aromatic carbocycles. The van der Waals surface area contributed by atoms with Gasteiger partial charge in [-0.3, -0.25) is 0 Å². The smallest absolute Gasteiger partial charge is 0.244 e. The number of nitrogens with zero attached hydrogens (tertiary/aromatic N) is 1. The SMILES string of the molecule is Cc1ccc(S(=O)(=O)N2CC(CN)CC2C)c(Cl)c1. The molecule has 6 heteroatoms. The van der Waals surface area contributed by atoms with E-state index in [1.165, 1.54) is 4.31 Å². The largest absolute Gasteiger partial charge is 0.330 e. The minimum atomic E-state index is -3.53. The van der Waals surface area contributed by atoms with Gasteiger partial charge in [-0.25, -0.2) is 8.42 Å². The molecule has 2 N–H and O–H groups in total. The summed E-state index contributed by atoms with van der Waals surface area (Å²) >= 11 is 6.08. The van der Waals surface area contributed by atoms with Gasteiger partial charge in [-0.2, -0.15) is 4.31 Å². The number of benzene rings is 1. The fraction of sp³-hybridized carbons (Fsp3) is 0.538. The monoisotopic (exact) mass is 302 g/mol. The van der Waals surface area contributed by atoms with Gasteiger partial charge in [0.05, 0.1) is 5.02 Å². The lowest BCUT2D eigenvalue weighted by Crippen LogP contribution is -2.34. The summed E-state index contributed by atoms with van der Waals surface area (Å²) in [6, 6.07) is 4.99. The van der Waals surface area contributed by atoms with E-state index < -0.39 is 10.0 Å². The first kappa shape index (κ1) is 14.8. The number of sulfonamides is 1. The second-order valence-electron chi connectivity index (χ2n) is 5.20. The van der Waals surface area contributed by atoms with Crippen molar-refractivity contribution in [2.45, 2.75) is 31.2 Å². The molecule has 0 bridgehead atoms. The molecule has 2 atom stereocenters. The quantitative estimate of drug-likeness (QED) is 0.929. The van der Waals surface area contributed by atoms with Gasteiger partial charge in [-0.05, 0) is 50.4 Å². The van der Waals surface area contributed by atoms with Crippen LogP contribution in [-0.4, -0.2) is 31.9 Å². The minimum absolute atomic E-state index is 0.0316. The normalized spacial score (nSPS) is 24.8. The van der Waals surface area contributed by atoms with E-state index in [0.717, 1.165) is 12.0 Å². The molecule has 1 heterocycles. The zero-order valence-electron chi connectivity index (χ0n) is 11.1. The number of aryl methyl sites for hydroxylation is 1. The molecule has 1 aliphatic rings. The Hall–Kier alpha value is -0.620. The Balaban J connectivity index is 2.37. The molecule has 1 aliphatic heterocycles. The van der Waals surface area contributed by atoms with Gasteiger partial charge in [-0.15, -0.1) is 0 Å². The van der Waals surface area contributed by atoms with Crippen LogP contribution in [0.4, 0.5) is 0 Å². The number of hydrogen-bond acceptors (Lipinski definition) is 3. The summed E-state index contributed by atoms with van der Waals surface area (Å²) in [7, 11) is -3.53. The second-order valence-corrected chi connectivity index (χ2v) is 7.46. The van der Waals surface area contributed by atoms with Gasteiger partial charge in [0.25, 0.3) is 0 Å². The van der Waals surface area contributed by atoms with Gasteiger partial charge >= 0.3 is 0 Å². The average Bonchev–Trinajstić information content (AvgIpc) is 2.70. The topological polar surface area (TPSA) is 63.4 Å². The predicted octanol–water partition coefficient (Wildman–Crippen LogP) is 2.01. The standard InChI is InChI=1S/C13H19ClN2O2S/c1-9-3-4-13(12(14)5-9)19(17,18)16-8-11(7-15)6-10(16)2/h3-5,10-11H,6-8,15H2,1-2H3. The molecular weight excluding hydrogens is 284 g/mol. The van der Waals surface area contributed by atoms with Crippen LogP contribution in [-0.2, 0) is 10.0 Å². The number of halogens is 1. The van der Waals surface area contributed by atoms with Crippen molar-refractivity contribution in [1.82, 2.24) is 4.31 Å². The highest BCUT2D eigenvalue weighted by Crippen LogP contribution is 2.32. The van der Waals surface area contributed by atoms with Gasteiger partial charge in [-0.1, -0.05) is 17.7 Å². The van der Waals surface area contributed by atoms with Crippen LogP contribution in [0.25, 0.3) is 0 Å². The lowest BCUT2D eigenvalue weighted by atomic mass is 10.1. The molecule has 0 saturated carbocycles. The summed E-state index contributed by atoms with van der Waals surface area (Å²) in [5.74, 6) is 0.231. The maximum absolute atomic E-state index is 12.6. The van der Waals surface area contributed by atoms with E-state index in [0.29, 0.717) is 13.1 Å². The summed E-state index contributed by atoms with van der Waals surface area (Å²) in [5, 5.41) is 0.281. The Bertz CT molecular complexity index is 574. The Morgan fingerprint density at radius 2 is 2.16 bits per heavy atom. The number of nitrogens with two attached hydrogens (primary N) is 1. The summed E-state index contributed by atoms with van der Waals surface area (Å²) < 4.78 is 26.8. The average molecular weight is 303 g/mol. The Labute approximate surface area is 119 Å². The van der Waals surface area contributed by atoms with Gasteiger partial charge in [0, 0.05) is 12.6 Å². The van der Waals surface area contributed by atoms with Crippen LogP contribution < -0.4 is 5.73 Å². The van der Waals surface area contributed by atoms with E-state index in [2.05, 4.69) is 0 Å². The summed E-state index contributed by atoms with van der Waals surface area (Å²) in [5.41, 5.74) is 6.59. The molecule has 2 rings (SSSR count).